The maximum atomic E-state index is 12.7. The van der Waals surface area contributed by atoms with Gasteiger partial charge in [0, 0.05) is 38.0 Å². The molecule has 0 spiro atoms. The lowest BCUT2D eigenvalue weighted by atomic mass is 9.95. The van der Waals surface area contributed by atoms with Gasteiger partial charge in [-0.25, -0.2) is 4.79 Å². The van der Waals surface area contributed by atoms with Crippen molar-refractivity contribution in [1.82, 2.24) is 14.5 Å². The number of carbonyl (C=O) groups is 1. The molecule has 144 valence electrons. The first-order valence-electron chi connectivity index (χ1n) is 9.35. The number of amides is 1. The van der Waals surface area contributed by atoms with E-state index in [0.29, 0.717) is 24.0 Å². The fourth-order valence-electron chi connectivity index (χ4n) is 3.92. The van der Waals surface area contributed by atoms with Crippen molar-refractivity contribution in [3.8, 4) is 0 Å². The number of H-pyrrole nitrogens is 1. The van der Waals surface area contributed by atoms with Crippen LogP contribution < -0.4 is 17.0 Å². The number of nitrogens with one attached hydrogen (secondary N) is 1. The first-order valence-corrected chi connectivity index (χ1v) is 9.35. The van der Waals surface area contributed by atoms with Crippen molar-refractivity contribution in [2.45, 2.75) is 24.9 Å². The predicted octanol–water partition coefficient (Wildman–Crippen LogP) is 1.03. The van der Waals surface area contributed by atoms with E-state index in [1.807, 2.05) is 30.3 Å². The molecule has 0 unspecified atom stereocenters. The molecular formula is C21H22N4O3. The Kier molecular flexibility index (Phi) is 4.83. The molecule has 0 saturated carbocycles. The van der Waals surface area contributed by atoms with Gasteiger partial charge in [-0.1, -0.05) is 42.5 Å². The van der Waals surface area contributed by atoms with Crippen LogP contribution >= 0.6 is 0 Å². The van der Waals surface area contributed by atoms with Crippen LogP contribution in [0.1, 0.15) is 17.9 Å². The van der Waals surface area contributed by atoms with Crippen molar-refractivity contribution < 1.29 is 4.79 Å². The van der Waals surface area contributed by atoms with Crippen molar-refractivity contribution in [2.24, 2.45) is 5.73 Å². The molecule has 7 nitrogen and oxygen atoms in total. The summed E-state index contributed by atoms with van der Waals surface area (Å²) in [5.41, 5.74) is 7.02. The highest BCUT2D eigenvalue weighted by Gasteiger charge is 2.33. The van der Waals surface area contributed by atoms with E-state index in [-0.39, 0.29) is 30.8 Å². The molecule has 7 heteroatoms. The third-order valence-electron chi connectivity index (χ3n) is 5.40. The van der Waals surface area contributed by atoms with Crippen molar-refractivity contribution >= 4 is 16.8 Å². The molecule has 2 atom stereocenters. The van der Waals surface area contributed by atoms with Gasteiger partial charge >= 0.3 is 5.69 Å². The summed E-state index contributed by atoms with van der Waals surface area (Å²) in [6.45, 7) is 1.28. The molecule has 2 aromatic carbocycles. The van der Waals surface area contributed by atoms with Gasteiger partial charge < -0.3 is 10.6 Å². The molecule has 0 aliphatic carbocycles. The highest BCUT2D eigenvalue weighted by atomic mass is 16.2. The standard InChI is InChI=1S/C21H22N4O3/c22-17-13-24(12-16(17)14-6-2-1-3-7-14)19(26)10-11-25-18-9-5-4-8-15(18)20(27)23-21(25)28/h1-9,16-17H,10-13,22H2,(H,23,27,28)/t16-,17+/m0/s1. The number of hydrogen-bond acceptors (Lipinski definition) is 4. The second kappa shape index (κ2) is 7.44. The van der Waals surface area contributed by atoms with Crippen LogP contribution in [0.2, 0.25) is 0 Å². The number of para-hydroxylation sites is 1. The van der Waals surface area contributed by atoms with Crippen LogP contribution in [-0.4, -0.2) is 39.5 Å². The van der Waals surface area contributed by atoms with Crippen molar-refractivity contribution in [2.75, 3.05) is 13.1 Å². The van der Waals surface area contributed by atoms with Crippen LogP contribution in [0.25, 0.3) is 10.9 Å². The number of fused-ring (bicyclic) bond motifs is 1. The van der Waals surface area contributed by atoms with Crippen LogP contribution in [-0.2, 0) is 11.3 Å². The number of nitrogens with zero attached hydrogens (tertiary/aromatic N) is 2. The second-order valence-corrected chi connectivity index (χ2v) is 7.16. The summed E-state index contributed by atoms with van der Waals surface area (Å²) < 4.78 is 1.44. The van der Waals surface area contributed by atoms with E-state index >= 15 is 0 Å². The lowest BCUT2D eigenvalue weighted by Crippen LogP contribution is -2.35. The third-order valence-corrected chi connectivity index (χ3v) is 5.40. The minimum atomic E-state index is -0.503. The second-order valence-electron chi connectivity index (χ2n) is 7.16. The first kappa shape index (κ1) is 18.2. The Morgan fingerprint density at radius 3 is 2.54 bits per heavy atom. The van der Waals surface area contributed by atoms with Gasteiger partial charge in [0.25, 0.3) is 5.56 Å². The molecule has 1 aliphatic rings. The summed E-state index contributed by atoms with van der Waals surface area (Å²) in [6, 6.07) is 16.7. The van der Waals surface area contributed by atoms with E-state index in [9.17, 15) is 14.4 Å². The van der Waals surface area contributed by atoms with Crippen molar-refractivity contribution in [1.29, 1.82) is 0 Å². The number of carbonyl (C=O) groups excluding carboxylic acids is 1. The number of nitrogens with two attached hydrogens (primary N) is 1. The molecule has 1 saturated heterocycles. The van der Waals surface area contributed by atoms with Crippen molar-refractivity contribution in [3.63, 3.8) is 0 Å². The van der Waals surface area contributed by atoms with Gasteiger partial charge in [0.05, 0.1) is 10.9 Å². The van der Waals surface area contributed by atoms with Gasteiger partial charge in [-0.3, -0.25) is 19.1 Å². The zero-order chi connectivity index (χ0) is 19.7. The highest BCUT2D eigenvalue weighted by Crippen LogP contribution is 2.26. The third kappa shape index (κ3) is 3.36. The summed E-state index contributed by atoms with van der Waals surface area (Å²) in [5.74, 6) is 0.0674. The molecule has 0 bridgehead atoms. The summed E-state index contributed by atoms with van der Waals surface area (Å²) in [6.07, 6.45) is 0.171. The lowest BCUT2D eigenvalue weighted by molar-refractivity contribution is -0.130. The summed E-state index contributed by atoms with van der Waals surface area (Å²) in [5, 5.41) is 0.432. The molecule has 4 rings (SSSR count). The van der Waals surface area contributed by atoms with Gasteiger partial charge in [0.2, 0.25) is 5.91 Å². The van der Waals surface area contributed by atoms with Gasteiger partial charge in [0.1, 0.15) is 0 Å². The Bertz CT molecular complexity index is 1120. The van der Waals surface area contributed by atoms with Crippen LogP contribution in [0.4, 0.5) is 0 Å². The van der Waals surface area contributed by atoms with E-state index < -0.39 is 11.2 Å². The van der Waals surface area contributed by atoms with Gasteiger partial charge in [-0.2, -0.15) is 0 Å². The van der Waals surface area contributed by atoms with E-state index in [1.165, 1.54) is 4.57 Å². The van der Waals surface area contributed by atoms with Crippen LogP contribution in [0, 0.1) is 0 Å². The monoisotopic (exact) mass is 378 g/mol. The Hall–Kier alpha value is -3.19. The fourth-order valence-corrected chi connectivity index (χ4v) is 3.92. The van der Waals surface area contributed by atoms with Crippen LogP contribution in [0.3, 0.4) is 0 Å². The molecule has 1 fully saturated rings. The van der Waals surface area contributed by atoms with E-state index in [4.69, 9.17) is 5.73 Å². The number of hydrogen-bond donors (Lipinski definition) is 2. The number of aryl methyl sites for hydroxylation is 1. The smallest absolute Gasteiger partial charge is 0.328 e. The van der Waals surface area contributed by atoms with E-state index in [0.717, 1.165) is 5.56 Å². The largest absolute Gasteiger partial charge is 0.340 e. The number of aromatic amines is 1. The number of aromatic nitrogens is 2. The highest BCUT2D eigenvalue weighted by molar-refractivity contribution is 5.79. The Balaban J connectivity index is 1.49. The van der Waals surface area contributed by atoms with E-state index in [2.05, 4.69) is 4.98 Å². The average molecular weight is 378 g/mol. The van der Waals surface area contributed by atoms with Crippen LogP contribution in [0.5, 0.6) is 0 Å². The quantitative estimate of drug-likeness (QED) is 0.708. The zero-order valence-corrected chi connectivity index (χ0v) is 15.4. The molecule has 3 aromatic rings. The number of likely N-dealkylation sites (tertiary alicyclic amines) is 1. The maximum absolute atomic E-state index is 12.7. The maximum Gasteiger partial charge on any atom is 0.328 e. The van der Waals surface area contributed by atoms with Gasteiger partial charge in [0.15, 0.2) is 0 Å². The predicted molar refractivity (Wildman–Crippen MR) is 107 cm³/mol. The zero-order valence-electron chi connectivity index (χ0n) is 15.4. The molecule has 1 aliphatic heterocycles. The lowest BCUT2D eigenvalue weighted by Gasteiger charge is -2.17. The fraction of sp³-hybridized carbons (Fsp3) is 0.286. The number of benzene rings is 2. The van der Waals surface area contributed by atoms with Crippen molar-refractivity contribution in [3.05, 3.63) is 81.0 Å². The van der Waals surface area contributed by atoms with Gasteiger partial charge in [-0.15, -0.1) is 0 Å². The molecule has 0 radical (unpaired) electrons. The van der Waals surface area contributed by atoms with E-state index in [1.54, 1.807) is 29.2 Å². The molecule has 1 aromatic heterocycles. The SMILES string of the molecule is N[C@@H]1CN(C(=O)CCn2c(=O)[nH]c(=O)c3ccccc32)C[C@H]1c1ccccc1. The summed E-state index contributed by atoms with van der Waals surface area (Å²) in [7, 11) is 0. The summed E-state index contributed by atoms with van der Waals surface area (Å²) in [4.78, 5) is 41.0. The topological polar surface area (TPSA) is 101 Å². The molecule has 1 amide bonds. The Labute approximate surface area is 161 Å². The minimum absolute atomic E-state index is 0.0453. The molecule has 2 heterocycles. The van der Waals surface area contributed by atoms with Gasteiger partial charge in [-0.05, 0) is 17.7 Å². The molecule has 28 heavy (non-hydrogen) atoms. The molecule has 3 N–H and O–H groups in total. The Morgan fingerprint density at radius 2 is 1.75 bits per heavy atom. The Morgan fingerprint density at radius 1 is 1.04 bits per heavy atom. The minimum Gasteiger partial charge on any atom is -0.340 e. The normalized spacial score (nSPS) is 19.2. The first-order chi connectivity index (χ1) is 13.5. The van der Waals surface area contributed by atoms with Crippen LogP contribution in [0.15, 0.2) is 64.2 Å². The molecular weight excluding hydrogens is 356 g/mol. The summed E-state index contributed by atoms with van der Waals surface area (Å²) >= 11 is 0. The average Bonchev–Trinajstić information content (AvgIpc) is 3.10. The number of rotatable bonds is 4.